The molecule has 0 aliphatic heterocycles. The molecular weight excluding hydrogens is 176 g/mol. The maximum atomic E-state index is 9.17. The second kappa shape index (κ2) is 6.41. The number of rotatable bonds is 6. The fourth-order valence-electron chi connectivity index (χ4n) is 1.41. The summed E-state index contributed by atoms with van der Waals surface area (Å²) in [5.74, 6) is 0. The van der Waals surface area contributed by atoms with E-state index in [0.29, 0.717) is 6.61 Å². The van der Waals surface area contributed by atoms with Crippen LogP contribution in [-0.2, 0) is 4.74 Å². The van der Waals surface area contributed by atoms with Gasteiger partial charge in [0.1, 0.15) is 0 Å². The Balaban J connectivity index is 3.98. The quantitative estimate of drug-likeness (QED) is 0.717. The van der Waals surface area contributed by atoms with Crippen molar-refractivity contribution >= 4 is 0 Å². The molecule has 0 aliphatic rings. The summed E-state index contributed by atoms with van der Waals surface area (Å²) in [7, 11) is 0. The summed E-state index contributed by atoms with van der Waals surface area (Å²) < 4.78 is 5.72. The zero-order chi connectivity index (χ0) is 11.2. The molecule has 0 bridgehead atoms. The summed E-state index contributed by atoms with van der Waals surface area (Å²) in [5.41, 5.74) is 0.171. The van der Waals surface area contributed by atoms with Gasteiger partial charge in [-0.3, -0.25) is 0 Å². The molecular formula is C12H26O2. The van der Waals surface area contributed by atoms with E-state index in [9.17, 15) is 0 Å². The Morgan fingerprint density at radius 2 is 1.86 bits per heavy atom. The summed E-state index contributed by atoms with van der Waals surface area (Å²) in [4.78, 5) is 0. The van der Waals surface area contributed by atoms with Gasteiger partial charge in [0, 0.05) is 0 Å². The number of hydrogen-bond donors (Lipinski definition) is 1. The lowest BCUT2D eigenvalue weighted by Crippen LogP contribution is -2.31. The predicted octanol–water partition coefficient (Wildman–Crippen LogP) is 2.99. The molecule has 1 N–H and O–H groups in total. The maximum Gasteiger partial charge on any atom is 0.0745 e. The zero-order valence-electron chi connectivity index (χ0n) is 10.3. The van der Waals surface area contributed by atoms with Crippen LogP contribution >= 0.6 is 0 Å². The Hall–Kier alpha value is -0.0800. The third-order valence-electron chi connectivity index (χ3n) is 2.32. The van der Waals surface area contributed by atoms with Crippen LogP contribution in [0.25, 0.3) is 0 Å². The smallest absolute Gasteiger partial charge is 0.0745 e. The molecule has 86 valence electrons. The van der Waals surface area contributed by atoms with E-state index < -0.39 is 0 Å². The first-order valence-corrected chi connectivity index (χ1v) is 5.67. The molecule has 0 radical (unpaired) electrons. The molecule has 2 unspecified atom stereocenters. The minimum atomic E-state index is -0.360. The number of aliphatic hydroxyl groups is 1. The lowest BCUT2D eigenvalue weighted by atomic mass is 9.86. The summed E-state index contributed by atoms with van der Waals surface area (Å²) in [5, 5.41) is 9.17. The molecule has 2 nitrogen and oxygen atoms in total. The van der Waals surface area contributed by atoms with Gasteiger partial charge in [-0.2, -0.15) is 0 Å². The van der Waals surface area contributed by atoms with Gasteiger partial charge in [0.05, 0.1) is 18.8 Å². The molecule has 2 heteroatoms. The molecule has 0 saturated heterocycles. The Kier molecular flexibility index (Phi) is 6.38. The Labute approximate surface area is 88.7 Å². The van der Waals surface area contributed by atoms with Crippen LogP contribution in [0, 0.1) is 5.41 Å². The molecule has 2 atom stereocenters. The molecule has 0 aromatic heterocycles. The van der Waals surface area contributed by atoms with Crippen molar-refractivity contribution in [3.05, 3.63) is 0 Å². The average Bonchev–Trinajstić information content (AvgIpc) is 2.01. The minimum Gasteiger partial charge on any atom is -0.391 e. The van der Waals surface area contributed by atoms with Gasteiger partial charge in [-0.05, 0) is 18.8 Å². The fraction of sp³-hybridized carbons (Fsp3) is 1.00. The zero-order valence-corrected chi connectivity index (χ0v) is 10.3. The van der Waals surface area contributed by atoms with Crippen LogP contribution < -0.4 is 0 Å². The summed E-state index contributed by atoms with van der Waals surface area (Å²) in [6.45, 7) is 11.0. The summed E-state index contributed by atoms with van der Waals surface area (Å²) in [6.07, 6.45) is 3.39. The second-order valence-corrected chi connectivity index (χ2v) is 5.18. The number of aliphatic hydroxyl groups excluding tert-OH is 1. The molecule has 0 fully saturated rings. The molecule has 0 aromatic carbocycles. The highest BCUT2D eigenvalue weighted by Crippen LogP contribution is 2.26. The first-order valence-electron chi connectivity index (χ1n) is 5.67. The van der Waals surface area contributed by atoms with E-state index >= 15 is 0 Å². The molecule has 0 saturated carbocycles. The van der Waals surface area contributed by atoms with Crippen molar-refractivity contribution in [3.8, 4) is 0 Å². The second-order valence-electron chi connectivity index (χ2n) is 5.18. The van der Waals surface area contributed by atoms with Crippen LogP contribution in [0.1, 0.15) is 53.9 Å². The van der Waals surface area contributed by atoms with Crippen molar-refractivity contribution in [1.29, 1.82) is 0 Å². The van der Waals surface area contributed by atoms with Crippen molar-refractivity contribution in [2.75, 3.05) is 6.61 Å². The lowest BCUT2D eigenvalue weighted by Gasteiger charge is -2.31. The Morgan fingerprint density at radius 1 is 1.29 bits per heavy atom. The molecule has 0 aliphatic carbocycles. The molecule has 14 heavy (non-hydrogen) atoms. The third kappa shape index (κ3) is 6.39. The normalized spacial score (nSPS) is 16.7. The van der Waals surface area contributed by atoms with Gasteiger partial charge in [-0.15, -0.1) is 0 Å². The molecule has 0 spiro atoms. The van der Waals surface area contributed by atoms with E-state index in [2.05, 4.69) is 27.7 Å². The van der Waals surface area contributed by atoms with E-state index in [1.807, 2.05) is 0 Å². The van der Waals surface area contributed by atoms with Crippen LogP contribution in [0.3, 0.4) is 0 Å². The van der Waals surface area contributed by atoms with Gasteiger partial charge in [-0.1, -0.05) is 40.5 Å². The van der Waals surface area contributed by atoms with Crippen molar-refractivity contribution in [2.45, 2.75) is 66.1 Å². The van der Waals surface area contributed by atoms with Crippen molar-refractivity contribution < 1.29 is 9.84 Å². The van der Waals surface area contributed by atoms with Crippen LogP contribution in [0.2, 0.25) is 0 Å². The number of unbranched alkanes of at least 4 members (excludes halogenated alkanes) is 1. The van der Waals surface area contributed by atoms with Gasteiger partial charge in [0.25, 0.3) is 0 Å². The highest BCUT2D eigenvalue weighted by atomic mass is 16.5. The molecule has 0 rings (SSSR count). The first kappa shape index (κ1) is 13.9. The number of ether oxygens (including phenoxy) is 1. The fourth-order valence-corrected chi connectivity index (χ4v) is 1.41. The number of hydrogen-bond acceptors (Lipinski definition) is 2. The van der Waals surface area contributed by atoms with Gasteiger partial charge in [0.2, 0.25) is 0 Å². The van der Waals surface area contributed by atoms with E-state index in [1.54, 1.807) is 6.92 Å². The monoisotopic (exact) mass is 202 g/mol. The van der Waals surface area contributed by atoms with E-state index in [-0.39, 0.29) is 17.6 Å². The third-order valence-corrected chi connectivity index (χ3v) is 2.32. The van der Waals surface area contributed by atoms with Gasteiger partial charge >= 0.3 is 0 Å². The topological polar surface area (TPSA) is 29.5 Å². The predicted molar refractivity (Wildman–Crippen MR) is 60.4 cm³/mol. The van der Waals surface area contributed by atoms with Gasteiger partial charge in [-0.25, -0.2) is 0 Å². The van der Waals surface area contributed by atoms with Crippen molar-refractivity contribution in [1.82, 2.24) is 0 Å². The van der Waals surface area contributed by atoms with Crippen LogP contribution in [0.4, 0.5) is 0 Å². The highest BCUT2D eigenvalue weighted by molar-refractivity contribution is 4.74. The van der Waals surface area contributed by atoms with Crippen molar-refractivity contribution in [3.63, 3.8) is 0 Å². The molecule has 0 amide bonds. The molecule has 0 aromatic rings. The first-order chi connectivity index (χ1) is 6.38. The Bertz CT molecular complexity index is 136. The Morgan fingerprint density at radius 3 is 2.21 bits per heavy atom. The SMILES string of the molecule is CCCCC(OCC(C)O)C(C)(C)C. The summed E-state index contributed by atoms with van der Waals surface area (Å²) in [6, 6.07) is 0. The van der Waals surface area contributed by atoms with Crippen LogP contribution in [0.5, 0.6) is 0 Å². The average molecular weight is 202 g/mol. The van der Waals surface area contributed by atoms with Crippen LogP contribution in [-0.4, -0.2) is 23.9 Å². The largest absolute Gasteiger partial charge is 0.391 e. The highest BCUT2D eigenvalue weighted by Gasteiger charge is 2.24. The molecule has 0 heterocycles. The maximum absolute atomic E-state index is 9.17. The standard InChI is InChI=1S/C12H26O2/c1-6-7-8-11(12(3,4)5)14-9-10(2)13/h10-11,13H,6-9H2,1-5H3. The van der Waals surface area contributed by atoms with Gasteiger partial charge in [0.15, 0.2) is 0 Å². The van der Waals surface area contributed by atoms with Crippen molar-refractivity contribution in [2.24, 2.45) is 5.41 Å². The van der Waals surface area contributed by atoms with Gasteiger partial charge < -0.3 is 9.84 Å². The minimum absolute atomic E-state index is 0.171. The van der Waals surface area contributed by atoms with Crippen LogP contribution in [0.15, 0.2) is 0 Å². The summed E-state index contributed by atoms with van der Waals surface area (Å²) >= 11 is 0. The van der Waals surface area contributed by atoms with E-state index in [0.717, 1.165) is 6.42 Å². The van der Waals surface area contributed by atoms with E-state index in [4.69, 9.17) is 9.84 Å². The van der Waals surface area contributed by atoms with E-state index in [1.165, 1.54) is 12.8 Å². The lowest BCUT2D eigenvalue weighted by molar-refractivity contribution is -0.0557.